The zero-order valence-electron chi connectivity index (χ0n) is 6.26. The fourth-order valence-electron chi connectivity index (χ4n) is 1.34. The van der Waals surface area contributed by atoms with Gasteiger partial charge in [-0.15, -0.1) is 0 Å². The SMILES string of the molecule is C=CC(=O)C1CNCC1C. The third-order valence-electron chi connectivity index (χ3n) is 2.08. The number of ketones is 1. The normalized spacial score (nSPS) is 32.1. The summed E-state index contributed by atoms with van der Waals surface area (Å²) in [7, 11) is 0. The summed E-state index contributed by atoms with van der Waals surface area (Å²) in [5, 5.41) is 3.17. The molecule has 0 aromatic heterocycles. The Bertz CT molecular complexity index is 153. The van der Waals surface area contributed by atoms with Crippen LogP contribution in [0.1, 0.15) is 6.92 Å². The van der Waals surface area contributed by atoms with E-state index in [2.05, 4.69) is 18.8 Å². The van der Waals surface area contributed by atoms with Crippen molar-refractivity contribution < 1.29 is 4.79 Å². The lowest BCUT2D eigenvalue weighted by atomic mass is 9.94. The molecule has 56 valence electrons. The number of nitrogens with one attached hydrogen (secondary N) is 1. The standard InChI is InChI=1S/C8H13NO/c1-3-8(10)7-5-9-4-6(7)2/h3,6-7,9H,1,4-5H2,2H3. The lowest BCUT2D eigenvalue weighted by Gasteiger charge is -2.08. The van der Waals surface area contributed by atoms with Crippen molar-refractivity contribution in [1.82, 2.24) is 5.32 Å². The minimum Gasteiger partial charge on any atom is -0.316 e. The second kappa shape index (κ2) is 2.97. The van der Waals surface area contributed by atoms with Gasteiger partial charge < -0.3 is 5.32 Å². The maximum Gasteiger partial charge on any atom is 0.159 e. The molecule has 2 unspecified atom stereocenters. The Morgan fingerprint density at radius 2 is 2.40 bits per heavy atom. The summed E-state index contributed by atoms with van der Waals surface area (Å²) in [6, 6.07) is 0. The number of rotatable bonds is 2. The first-order valence-corrected chi connectivity index (χ1v) is 3.62. The molecule has 0 bridgehead atoms. The second-order valence-electron chi connectivity index (χ2n) is 2.85. The molecule has 2 nitrogen and oxygen atoms in total. The van der Waals surface area contributed by atoms with Crippen LogP contribution in [-0.4, -0.2) is 18.9 Å². The maximum absolute atomic E-state index is 11.1. The highest BCUT2D eigenvalue weighted by atomic mass is 16.1. The van der Waals surface area contributed by atoms with Gasteiger partial charge in [0.15, 0.2) is 5.78 Å². The molecule has 0 spiro atoms. The minimum absolute atomic E-state index is 0.178. The molecular weight excluding hydrogens is 126 g/mol. The van der Waals surface area contributed by atoms with Gasteiger partial charge in [0.05, 0.1) is 0 Å². The molecule has 1 rings (SSSR count). The van der Waals surface area contributed by atoms with Gasteiger partial charge >= 0.3 is 0 Å². The van der Waals surface area contributed by atoms with Crippen LogP contribution in [0.25, 0.3) is 0 Å². The zero-order chi connectivity index (χ0) is 7.56. The molecule has 2 atom stereocenters. The molecule has 0 saturated carbocycles. The Hall–Kier alpha value is -0.630. The smallest absolute Gasteiger partial charge is 0.159 e. The van der Waals surface area contributed by atoms with Crippen LogP contribution in [0.2, 0.25) is 0 Å². The number of carbonyl (C=O) groups is 1. The summed E-state index contributed by atoms with van der Waals surface area (Å²) in [5.41, 5.74) is 0. The molecule has 1 N–H and O–H groups in total. The fraction of sp³-hybridized carbons (Fsp3) is 0.625. The highest BCUT2D eigenvalue weighted by Gasteiger charge is 2.27. The van der Waals surface area contributed by atoms with Crippen LogP contribution >= 0.6 is 0 Å². The van der Waals surface area contributed by atoms with Crippen molar-refractivity contribution in [2.24, 2.45) is 11.8 Å². The van der Waals surface area contributed by atoms with Gasteiger partial charge in [0.1, 0.15) is 0 Å². The Morgan fingerprint density at radius 1 is 1.70 bits per heavy atom. The number of hydrogen-bond acceptors (Lipinski definition) is 2. The molecule has 0 aromatic rings. The molecule has 10 heavy (non-hydrogen) atoms. The lowest BCUT2D eigenvalue weighted by molar-refractivity contribution is -0.118. The van der Waals surface area contributed by atoms with E-state index in [1.54, 1.807) is 0 Å². The molecule has 1 saturated heterocycles. The summed E-state index contributed by atoms with van der Waals surface area (Å²) >= 11 is 0. The van der Waals surface area contributed by atoms with Gasteiger partial charge in [-0.05, 0) is 18.5 Å². The summed E-state index contributed by atoms with van der Waals surface area (Å²) in [5.74, 6) is 0.834. The van der Waals surface area contributed by atoms with Crippen molar-refractivity contribution >= 4 is 5.78 Å². The quantitative estimate of drug-likeness (QED) is 0.567. The molecule has 2 heteroatoms. The van der Waals surface area contributed by atoms with E-state index in [0.29, 0.717) is 5.92 Å². The molecule has 0 amide bonds. The minimum atomic E-state index is 0.178. The highest BCUT2D eigenvalue weighted by Crippen LogP contribution is 2.16. The van der Waals surface area contributed by atoms with Crippen molar-refractivity contribution in [3.8, 4) is 0 Å². The van der Waals surface area contributed by atoms with Crippen molar-refractivity contribution in [3.05, 3.63) is 12.7 Å². The fourth-order valence-corrected chi connectivity index (χ4v) is 1.34. The molecular formula is C8H13NO. The van der Waals surface area contributed by atoms with Gasteiger partial charge in [-0.2, -0.15) is 0 Å². The predicted molar refractivity (Wildman–Crippen MR) is 40.7 cm³/mol. The monoisotopic (exact) mass is 139 g/mol. The molecule has 1 fully saturated rings. The Labute approximate surface area is 61.3 Å². The van der Waals surface area contributed by atoms with Crippen LogP contribution in [-0.2, 0) is 4.79 Å². The Kier molecular flexibility index (Phi) is 2.22. The zero-order valence-corrected chi connectivity index (χ0v) is 6.26. The van der Waals surface area contributed by atoms with Gasteiger partial charge in [-0.1, -0.05) is 13.5 Å². The van der Waals surface area contributed by atoms with E-state index >= 15 is 0 Å². The van der Waals surface area contributed by atoms with Gasteiger partial charge in [0, 0.05) is 12.5 Å². The largest absolute Gasteiger partial charge is 0.316 e. The van der Waals surface area contributed by atoms with Crippen molar-refractivity contribution in [1.29, 1.82) is 0 Å². The van der Waals surface area contributed by atoms with E-state index in [1.807, 2.05) is 0 Å². The van der Waals surface area contributed by atoms with E-state index in [0.717, 1.165) is 13.1 Å². The van der Waals surface area contributed by atoms with Crippen LogP contribution in [0.3, 0.4) is 0 Å². The average Bonchev–Trinajstić information content (AvgIpc) is 2.34. The number of allylic oxidation sites excluding steroid dienone is 1. The van der Waals surface area contributed by atoms with Crippen molar-refractivity contribution in [3.63, 3.8) is 0 Å². The van der Waals surface area contributed by atoms with E-state index in [9.17, 15) is 4.79 Å². The third kappa shape index (κ3) is 1.27. The van der Waals surface area contributed by atoms with Crippen LogP contribution in [0.5, 0.6) is 0 Å². The van der Waals surface area contributed by atoms with Crippen molar-refractivity contribution in [2.75, 3.05) is 13.1 Å². The van der Waals surface area contributed by atoms with E-state index < -0.39 is 0 Å². The second-order valence-corrected chi connectivity index (χ2v) is 2.85. The highest BCUT2D eigenvalue weighted by molar-refractivity contribution is 5.91. The van der Waals surface area contributed by atoms with Gasteiger partial charge in [-0.3, -0.25) is 4.79 Å². The molecule has 1 heterocycles. The lowest BCUT2D eigenvalue weighted by Crippen LogP contribution is -2.18. The number of hydrogen-bond donors (Lipinski definition) is 1. The van der Waals surface area contributed by atoms with Gasteiger partial charge in [0.25, 0.3) is 0 Å². The number of carbonyl (C=O) groups excluding carboxylic acids is 1. The topological polar surface area (TPSA) is 29.1 Å². The summed E-state index contributed by atoms with van der Waals surface area (Å²) in [4.78, 5) is 11.1. The van der Waals surface area contributed by atoms with E-state index in [-0.39, 0.29) is 11.7 Å². The summed E-state index contributed by atoms with van der Waals surface area (Å²) in [6.07, 6.45) is 1.42. The van der Waals surface area contributed by atoms with Crippen LogP contribution in [0.15, 0.2) is 12.7 Å². The molecule has 1 aliphatic rings. The molecule has 0 aromatic carbocycles. The van der Waals surface area contributed by atoms with Gasteiger partial charge in [0.2, 0.25) is 0 Å². The van der Waals surface area contributed by atoms with E-state index in [4.69, 9.17) is 0 Å². The predicted octanol–water partition coefficient (Wildman–Crippen LogP) is 0.597. The summed E-state index contributed by atoms with van der Waals surface area (Å²) in [6.45, 7) is 7.34. The first-order valence-electron chi connectivity index (χ1n) is 3.62. The third-order valence-corrected chi connectivity index (χ3v) is 2.08. The van der Waals surface area contributed by atoms with E-state index in [1.165, 1.54) is 6.08 Å². The maximum atomic E-state index is 11.1. The first-order chi connectivity index (χ1) is 4.75. The van der Waals surface area contributed by atoms with Gasteiger partial charge in [-0.25, -0.2) is 0 Å². The van der Waals surface area contributed by atoms with Crippen LogP contribution in [0, 0.1) is 11.8 Å². The molecule has 0 aliphatic carbocycles. The van der Waals surface area contributed by atoms with Crippen molar-refractivity contribution in [2.45, 2.75) is 6.92 Å². The molecule has 0 radical (unpaired) electrons. The van der Waals surface area contributed by atoms with Crippen LogP contribution in [0.4, 0.5) is 0 Å². The first kappa shape index (κ1) is 7.48. The summed E-state index contributed by atoms with van der Waals surface area (Å²) < 4.78 is 0. The molecule has 1 aliphatic heterocycles. The Morgan fingerprint density at radius 3 is 2.80 bits per heavy atom. The Balaban J connectivity index is 2.54. The average molecular weight is 139 g/mol. The van der Waals surface area contributed by atoms with Crippen LogP contribution < -0.4 is 5.32 Å².